The SMILES string of the molecule is OCC[n+]1cc(CCl)ccc1Cl.[Cl-]. The molecule has 0 aliphatic rings. The van der Waals surface area contributed by atoms with Gasteiger partial charge in [-0.25, -0.2) is 0 Å². The Morgan fingerprint density at radius 3 is 2.62 bits per heavy atom. The zero-order valence-electron chi connectivity index (χ0n) is 6.88. The molecule has 0 aliphatic heterocycles. The van der Waals surface area contributed by atoms with E-state index in [9.17, 15) is 0 Å². The Bertz CT molecular complexity index is 268. The van der Waals surface area contributed by atoms with E-state index in [0.717, 1.165) is 5.56 Å². The number of rotatable bonds is 3. The zero-order valence-corrected chi connectivity index (χ0v) is 9.15. The molecule has 2 nitrogen and oxygen atoms in total. The molecule has 0 bridgehead atoms. The van der Waals surface area contributed by atoms with E-state index < -0.39 is 0 Å². The minimum absolute atomic E-state index is 0. The lowest BCUT2D eigenvalue weighted by Gasteiger charge is -1.97. The van der Waals surface area contributed by atoms with Crippen molar-refractivity contribution in [3.8, 4) is 0 Å². The van der Waals surface area contributed by atoms with Gasteiger partial charge in [0.15, 0.2) is 12.7 Å². The van der Waals surface area contributed by atoms with Crippen molar-refractivity contribution in [2.75, 3.05) is 6.61 Å². The second kappa shape index (κ2) is 6.44. The summed E-state index contributed by atoms with van der Waals surface area (Å²) in [4.78, 5) is 0. The van der Waals surface area contributed by atoms with Gasteiger partial charge in [-0.15, -0.1) is 11.6 Å². The number of pyridine rings is 1. The first kappa shape index (κ1) is 13.0. The van der Waals surface area contributed by atoms with E-state index in [0.29, 0.717) is 17.6 Å². The number of hydrogen-bond donors (Lipinski definition) is 1. The number of halogens is 3. The van der Waals surface area contributed by atoms with Crippen molar-refractivity contribution in [1.29, 1.82) is 0 Å². The maximum Gasteiger partial charge on any atom is 0.274 e. The quantitative estimate of drug-likeness (QED) is 0.384. The molecule has 0 radical (unpaired) electrons. The van der Waals surface area contributed by atoms with Gasteiger partial charge in [0.2, 0.25) is 0 Å². The molecule has 1 aromatic rings. The van der Waals surface area contributed by atoms with Crippen LogP contribution in [0.3, 0.4) is 0 Å². The van der Waals surface area contributed by atoms with Gasteiger partial charge in [-0.3, -0.25) is 0 Å². The van der Waals surface area contributed by atoms with Crippen LogP contribution in [-0.4, -0.2) is 11.7 Å². The summed E-state index contributed by atoms with van der Waals surface area (Å²) in [6.45, 7) is 0.583. The van der Waals surface area contributed by atoms with Gasteiger partial charge in [-0.1, -0.05) is 0 Å². The van der Waals surface area contributed by atoms with Crippen LogP contribution in [0.2, 0.25) is 5.15 Å². The van der Waals surface area contributed by atoms with Gasteiger partial charge in [0.1, 0.15) is 6.61 Å². The van der Waals surface area contributed by atoms with Crippen LogP contribution in [0.25, 0.3) is 0 Å². The highest BCUT2D eigenvalue weighted by atomic mass is 35.5. The summed E-state index contributed by atoms with van der Waals surface area (Å²) in [5.74, 6) is 0.461. The van der Waals surface area contributed by atoms with Crippen molar-refractivity contribution < 1.29 is 22.1 Å². The molecule has 0 unspecified atom stereocenters. The maximum absolute atomic E-state index is 8.70. The number of aliphatic hydroxyl groups excluding tert-OH is 1. The number of nitrogens with zero attached hydrogens (tertiary/aromatic N) is 1. The van der Waals surface area contributed by atoms with E-state index in [-0.39, 0.29) is 19.0 Å². The van der Waals surface area contributed by atoms with Crippen molar-refractivity contribution in [3.05, 3.63) is 29.0 Å². The highest BCUT2D eigenvalue weighted by Gasteiger charge is 2.07. The smallest absolute Gasteiger partial charge is 0.274 e. The lowest BCUT2D eigenvalue weighted by atomic mass is 10.3. The number of aliphatic hydroxyl groups is 1. The third-order valence-corrected chi connectivity index (χ3v) is 2.18. The van der Waals surface area contributed by atoms with Crippen LogP contribution >= 0.6 is 23.2 Å². The Morgan fingerprint density at radius 1 is 1.38 bits per heavy atom. The predicted molar refractivity (Wildman–Crippen MR) is 48.3 cm³/mol. The molecule has 1 heterocycles. The molecular weight excluding hydrogens is 232 g/mol. The second-order valence-corrected chi connectivity index (χ2v) is 3.07. The van der Waals surface area contributed by atoms with Gasteiger partial charge in [-0.05, 0) is 17.7 Å². The fourth-order valence-electron chi connectivity index (χ4n) is 0.935. The maximum atomic E-state index is 8.70. The van der Waals surface area contributed by atoms with Crippen LogP contribution in [-0.2, 0) is 12.4 Å². The fraction of sp³-hybridized carbons (Fsp3) is 0.375. The summed E-state index contributed by atoms with van der Waals surface area (Å²) in [5.41, 5.74) is 0.995. The van der Waals surface area contributed by atoms with Crippen LogP contribution in [0.1, 0.15) is 5.56 Å². The van der Waals surface area contributed by atoms with Gasteiger partial charge in [0.05, 0.1) is 5.88 Å². The molecule has 0 saturated carbocycles. The van der Waals surface area contributed by atoms with Crippen LogP contribution in [0.15, 0.2) is 18.3 Å². The van der Waals surface area contributed by atoms with Gasteiger partial charge in [0, 0.05) is 11.6 Å². The summed E-state index contributed by atoms with van der Waals surface area (Å²) in [6.07, 6.45) is 1.84. The van der Waals surface area contributed by atoms with Gasteiger partial charge < -0.3 is 17.5 Å². The van der Waals surface area contributed by atoms with E-state index >= 15 is 0 Å². The summed E-state index contributed by atoms with van der Waals surface area (Å²) in [5, 5.41) is 9.30. The Hall–Kier alpha value is -0.0200. The molecule has 13 heavy (non-hydrogen) atoms. The first-order chi connectivity index (χ1) is 5.77. The monoisotopic (exact) mass is 241 g/mol. The predicted octanol–water partition coefficient (Wildman–Crippen LogP) is -1.64. The fourth-order valence-corrected chi connectivity index (χ4v) is 1.29. The molecule has 1 N–H and O–H groups in total. The first-order valence-electron chi connectivity index (χ1n) is 3.62. The molecule has 0 aromatic carbocycles. The molecule has 5 heteroatoms. The number of aromatic nitrogens is 1. The first-order valence-corrected chi connectivity index (χ1v) is 4.54. The van der Waals surface area contributed by atoms with Crippen molar-refractivity contribution in [3.63, 3.8) is 0 Å². The van der Waals surface area contributed by atoms with Crippen molar-refractivity contribution in [2.45, 2.75) is 12.4 Å². The molecular formula is C8H10Cl3NO. The highest BCUT2D eigenvalue weighted by Crippen LogP contribution is 2.05. The van der Waals surface area contributed by atoms with Crippen molar-refractivity contribution >= 4 is 23.2 Å². The lowest BCUT2D eigenvalue weighted by molar-refractivity contribution is -0.696. The van der Waals surface area contributed by atoms with E-state index in [1.165, 1.54) is 0 Å². The molecule has 0 atom stereocenters. The number of hydrogen-bond acceptors (Lipinski definition) is 1. The largest absolute Gasteiger partial charge is 1.00 e. The second-order valence-electron chi connectivity index (χ2n) is 2.41. The van der Waals surface area contributed by atoms with Crippen LogP contribution in [0.5, 0.6) is 0 Å². The third kappa shape index (κ3) is 3.69. The molecule has 0 amide bonds. The van der Waals surface area contributed by atoms with E-state index in [2.05, 4.69) is 0 Å². The highest BCUT2D eigenvalue weighted by molar-refractivity contribution is 6.28. The minimum Gasteiger partial charge on any atom is -1.00 e. The summed E-state index contributed by atoms with van der Waals surface area (Å²) in [7, 11) is 0. The van der Waals surface area contributed by atoms with E-state index in [4.69, 9.17) is 28.3 Å². The van der Waals surface area contributed by atoms with Crippen LogP contribution in [0, 0.1) is 0 Å². The summed E-state index contributed by atoms with van der Waals surface area (Å²) >= 11 is 11.5. The standard InChI is InChI=1S/C8H10Cl2NO.ClH/c9-5-7-1-2-8(10)11(6-7)3-4-12;/h1-2,6,12H,3-5H2;1H/q+1;/p-1. The Labute approximate surface area is 93.5 Å². The molecule has 0 saturated heterocycles. The van der Waals surface area contributed by atoms with Gasteiger partial charge in [0.25, 0.3) is 5.15 Å². The van der Waals surface area contributed by atoms with Crippen molar-refractivity contribution in [2.24, 2.45) is 0 Å². The van der Waals surface area contributed by atoms with Gasteiger partial charge in [-0.2, -0.15) is 4.57 Å². The topological polar surface area (TPSA) is 24.1 Å². The molecule has 74 valence electrons. The van der Waals surface area contributed by atoms with Crippen LogP contribution in [0.4, 0.5) is 0 Å². The minimum atomic E-state index is 0. The van der Waals surface area contributed by atoms with E-state index in [1.807, 2.05) is 12.3 Å². The molecule has 0 fully saturated rings. The summed E-state index contributed by atoms with van der Waals surface area (Å²) < 4.78 is 1.76. The Balaban J connectivity index is 0.00000144. The van der Waals surface area contributed by atoms with Crippen molar-refractivity contribution in [1.82, 2.24) is 0 Å². The molecule has 0 aliphatic carbocycles. The third-order valence-electron chi connectivity index (χ3n) is 1.53. The molecule has 1 aromatic heterocycles. The lowest BCUT2D eigenvalue weighted by Crippen LogP contribution is -3.00. The molecule has 1 rings (SSSR count). The number of alkyl halides is 1. The summed E-state index contributed by atoms with van der Waals surface area (Å²) in [6, 6.07) is 3.64. The zero-order chi connectivity index (χ0) is 8.97. The average Bonchev–Trinajstić information content (AvgIpc) is 2.09. The van der Waals surface area contributed by atoms with E-state index in [1.54, 1.807) is 10.6 Å². The Kier molecular flexibility index (Phi) is 6.43. The normalized spacial score (nSPS) is 9.46. The van der Waals surface area contributed by atoms with Gasteiger partial charge >= 0.3 is 0 Å². The van der Waals surface area contributed by atoms with Crippen LogP contribution < -0.4 is 17.0 Å². The average molecular weight is 243 g/mol. The molecule has 0 spiro atoms. The Morgan fingerprint density at radius 2 is 2.08 bits per heavy atom.